The maximum atomic E-state index is 10.2. The van der Waals surface area contributed by atoms with Gasteiger partial charge in [0.2, 0.25) is 5.72 Å². The van der Waals surface area contributed by atoms with Gasteiger partial charge in [0, 0.05) is 30.9 Å². The molecular formula is C21H20N2O2. The molecular weight excluding hydrogens is 312 g/mol. The minimum Gasteiger partial charge on any atom is -0.512 e. The molecule has 1 aliphatic carbocycles. The van der Waals surface area contributed by atoms with Crippen LogP contribution in [0.2, 0.25) is 0 Å². The highest BCUT2D eigenvalue weighted by Gasteiger charge is 2.50. The maximum Gasteiger partial charge on any atom is 0.220 e. The lowest BCUT2D eigenvalue weighted by Crippen LogP contribution is -2.53. The molecule has 0 aromatic heterocycles. The number of ether oxygens (including phenoxy) is 1. The Morgan fingerprint density at radius 3 is 2.72 bits per heavy atom. The van der Waals surface area contributed by atoms with E-state index in [-0.39, 0.29) is 6.04 Å². The van der Waals surface area contributed by atoms with Gasteiger partial charge in [0.1, 0.15) is 5.75 Å². The fraction of sp³-hybridized carbons (Fsp3) is 0.286. The van der Waals surface area contributed by atoms with Crippen LogP contribution in [-0.2, 0) is 0 Å². The molecule has 0 amide bonds. The molecule has 4 nitrogen and oxygen atoms in total. The van der Waals surface area contributed by atoms with E-state index in [1.54, 1.807) is 0 Å². The quantitative estimate of drug-likeness (QED) is 0.833. The van der Waals surface area contributed by atoms with Gasteiger partial charge in [0.05, 0.1) is 17.5 Å². The number of hydrazone groups is 1. The molecule has 2 atom stereocenters. The number of allylic oxidation sites excluding steroid dienone is 1. The molecule has 0 saturated carbocycles. The van der Waals surface area contributed by atoms with Gasteiger partial charge in [-0.3, -0.25) is 0 Å². The Balaban J connectivity index is 1.65. The van der Waals surface area contributed by atoms with Gasteiger partial charge in [-0.1, -0.05) is 48.5 Å². The van der Waals surface area contributed by atoms with E-state index < -0.39 is 5.72 Å². The standard InChI is InChI=1S/C21H20N2O2/c24-16-9-6-12-21(14-16)23-19(17-10-4-5-11-20(17)25-21)13-18(22-23)15-7-2-1-3-8-15/h1-5,7-8,10-11,14,19,24H,6,9,12-13H2. The molecule has 1 spiro atoms. The zero-order chi connectivity index (χ0) is 16.9. The van der Waals surface area contributed by atoms with E-state index in [0.717, 1.165) is 36.3 Å². The van der Waals surface area contributed by atoms with E-state index in [1.807, 2.05) is 42.5 Å². The van der Waals surface area contributed by atoms with Crippen molar-refractivity contribution in [3.63, 3.8) is 0 Å². The number of aliphatic hydroxyl groups is 1. The molecule has 4 heteroatoms. The molecule has 3 aliphatic rings. The lowest BCUT2D eigenvalue weighted by molar-refractivity contribution is -0.0944. The highest BCUT2D eigenvalue weighted by molar-refractivity contribution is 6.02. The Morgan fingerprint density at radius 2 is 1.88 bits per heavy atom. The molecule has 0 bridgehead atoms. The van der Waals surface area contributed by atoms with Crippen LogP contribution in [0.5, 0.6) is 5.75 Å². The van der Waals surface area contributed by atoms with Crippen LogP contribution in [0.15, 0.2) is 71.5 Å². The monoisotopic (exact) mass is 332 g/mol. The molecule has 0 fully saturated rings. The van der Waals surface area contributed by atoms with Gasteiger partial charge in [0.25, 0.3) is 0 Å². The number of nitrogens with zero attached hydrogens (tertiary/aromatic N) is 2. The highest BCUT2D eigenvalue weighted by atomic mass is 16.5. The predicted octanol–water partition coefficient (Wildman–Crippen LogP) is 4.55. The van der Waals surface area contributed by atoms with Crippen LogP contribution < -0.4 is 4.74 Å². The fourth-order valence-electron chi connectivity index (χ4n) is 4.18. The number of hydrogen-bond acceptors (Lipinski definition) is 4. The van der Waals surface area contributed by atoms with Crippen molar-refractivity contribution in [1.82, 2.24) is 5.01 Å². The molecule has 2 unspecified atom stereocenters. The van der Waals surface area contributed by atoms with Crippen LogP contribution in [-0.4, -0.2) is 21.6 Å². The second-order valence-electron chi connectivity index (χ2n) is 6.95. The summed E-state index contributed by atoms with van der Waals surface area (Å²) >= 11 is 0. The molecule has 0 saturated heterocycles. The van der Waals surface area contributed by atoms with Gasteiger partial charge in [-0.15, -0.1) is 0 Å². The van der Waals surface area contributed by atoms with Crippen molar-refractivity contribution >= 4 is 5.71 Å². The highest BCUT2D eigenvalue weighted by Crippen LogP contribution is 2.50. The summed E-state index contributed by atoms with van der Waals surface area (Å²) in [4.78, 5) is 0. The minimum absolute atomic E-state index is 0.141. The van der Waals surface area contributed by atoms with E-state index in [9.17, 15) is 5.11 Å². The largest absolute Gasteiger partial charge is 0.512 e. The first kappa shape index (κ1) is 14.6. The SMILES string of the molecule is OC1=CC2(CCC1)Oc1ccccc1C1CC(c3ccccc3)=NN12. The smallest absolute Gasteiger partial charge is 0.220 e. The average molecular weight is 332 g/mol. The van der Waals surface area contributed by atoms with Gasteiger partial charge in [0.15, 0.2) is 0 Å². The number of para-hydroxylation sites is 1. The lowest BCUT2D eigenvalue weighted by atomic mass is 9.90. The number of fused-ring (bicyclic) bond motifs is 4. The minimum atomic E-state index is -0.683. The summed E-state index contributed by atoms with van der Waals surface area (Å²) in [6.45, 7) is 0. The second-order valence-corrected chi connectivity index (χ2v) is 6.95. The fourth-order valence-corrected chi connectivity index (χ4v) is 4.18. The molecule has 2 heterocycles. The summed E-state index contributed by atoms with van der Waals surface area (Å²) in [5.41, 5.74) is 2.70. The van der Waals surface area contributed by atoms with Crippen LogP contribution in [0.3, 0.4) is 0 Å². The van der Waals surface area contributed by atoms with Crippen LogP contribution in [0, 0.1) is 0 Å². The predicted molar refractivity (Wildman–Crippen MR) is 96.5 cm³/mol. The summed E-state index contributed by atoms with van der Waals surface area (Å²) in [7, 11) is 0. The molecule has 5 rings (SSSR count). The van der Waals surface area contributed by atoms with Crippen molar-refractivity contribution in [3.8, 4) is 5.75 Å². The lowest BCUT2D eigenvalue weighted by Gasteiger charge is -2.47. The third-order valence-electron chi connectivity index (χ3n) is 5.33. The molecule has 2 aliphatic heterocycles. The number of aliphatic hydroxyl groups excluding tert-OH is 1. The molecule has 2 aromatic rings. The van der Waals surface area contributed by atoms with E-state index in [0.29, 0.717) is 12.2 Å². The second kappa shape index (κ2) is 5.38. The summed E-state index contributed by atoms with van der Waals surface area (Å²) in [6.07, 6.45) is 5.13. The maximum absolute atomic E-state index is 10.2. The Morgan fingerprint density at radius 1 is 1.08 bits per heavy atom. The van der Waals surface area contributed by atoms with Crippen molar-refractivity contribution < 1.29 is 9.84 Å². The van der Waals surface area contributed by atoms with Gasteiger partial charge in [-0.25, -0.2) is 5.01 Å². The Bertz CT molecular complexity index is 874. The zero-order valence-corrected chi connectivity index (χ0v) is 13.9. The normalized spacial score (nSPS) is 27.2. The molecule has 2 aromatic carbocycles. The average Bonchev–Trinajstić information content (AvgIpc) is 3.09. The molecule has 25 heavy (non-hydrogen) atoms. The Hall–Kier alpha value is -2.75. The van der Waals surface area contributed by atoms with E-state index in [1.165, 1.54) is 5.56 Å². The summed E-state index contributed by atoms with van der Waals surface area (Å²) in [5, 5.41) is 17.2. The van der Waals surface area contributed by atoms with E-state index in [4.69, 9.17) is 9.84 Å². The van der Waals surface area contributed by atoms with Crippen LogP contribution >= 0.6 is 0 Å². The van der Waals surface area contributed by atoms with E-state index >= 15 is 0 Å². The first-order valence-electron chi connectivity index (χ1n) is 8.86. The first-order valence-corrected chi connectivity index (χ1v) is 8.86. The Labute approximate surface area is 147 Å². The molecule has 126 valence electrons. The van der Waals surface area contributed by atoms with Gasteiger partial charge >= 0.3 is 0 Å². The van der Waals surface area contributed by atoms with E-state index in [2.05, 4.69) is 23.2 Å². The van der Waals surface area contributed by atoms with Crippen LogP contribution in [0.25, 0.3) is 0 Å². The molecule has 0 radical (unpaired) electrons. The molecule has 1 N–H and O–H groups in total. The summed E-state index contributed by atoms with van der Waals surface area (Å²) < 4.78 is 6.41. The topological polar surface area (TPSA) is 45.1 Å². The number of benzene rings is 2. The van der Waals surface area contributed by atoms with Crippen LogP contribution in [0.1, 0.15) is 42.9 Å². The number of rotatable bonds is 1. The van der Waals surface area contributed by atoms with Crippen molar-refractivity contribution in [2.24, 2.45) is 5.10 Å². The van der Waals surface area contributed by atoms with Crippen molar-refractivity contribution in [2.75, 3.05) is 0 Å². The Kier molecular flexibility index (Phi) is 3.14. The number of hydrogen-bond donors (Lipinski definition) is 1. The van der Waals surface area contributed by atoms with Crippen molar-refractivity contribution in [1.29, 1.82) is 0 Å². The van der Waals surface area contributed by atoms with Gasteiger partial charge in [-0.05, 0) is 18.1 Å². The summed E-state index contributed by atoms with van der Waals surface area (Å²) in [6, 6.07) is 18.6. The van der Waals surface area contributed by atoms with Crippen molar-refractivity contribution in [2.45, 2.75) is 37.5 Å². The summed E-state index contributed by atoms with van der Waals surface area (Å²) in [5.74, 6) is 1.30. The zero-order valence-electron chi connectivity index (χ0n) is 13.9. The third-order valence-corrected chi connectivity index (χ3v) is 5.33. The van der Waals surface area contributed by atoms with Gasteiger partial charge in [-0.2, -0.15) is 5.10 Å². The van der Waals surface area contributed by atoms with Crippen molar-refractivity contribution in [3.05, 3.63) is 77.6 Å². The third kappa shape index (κ3) is 2.24. The first-order chi connectivity index (χ1) is 12.3. The van der Waals surface area contributed by atoms with Crippen LogP contribution in [0.4, 0.5) is 0 Å². The van der Waals surface area contributed by atoms with Gasteiger partial charge < -0.3 is 9.84 Å².